The van der Waals surface area contributed by atoms with Gasteiger partial charge in [0.1, 0.15) is 5.78 Å². The van der Waals surface area contributed by atoms with E-state index in [1.807, 2.05) is 24.4 Å². The Balaban J connectivity index is 1.37. The van der Waals surface area contributed by atoms with Crippen molar-refractivity contribution in [3.8, 4) is 0 Å². The van der Waals surface area contributed by atoms with Gasteiger partial charge < -0.3 is 5.32 Å². The molecule has 1 heterocycles. The molecule has 5 heteroatoms. The fourth-order valence-electron chi connectivity index (χ4n) is 4.15. The molecule has 0 spiro atoms. The number of rotatable bonds is 4. The lowest BCUT2D eigenvalue weighted by atomic mass is 9.67. The molecule has 0 radical (unpaired) electrons. The normalized spacial score (nSPS) is 25.6. The second-order valence-corrected chi connectivity index (χ2v) is 8.29. The molecule has 2 fully saturated rings. The quantitative estimate of drug-likeness (QED) is 0.900. The topological polar surface area (TPSA) is 59.1 Å². The first-order valence-corrected chi connectivity index (χ1v) is 9.84. The Morgan fingerprint density at radius 3 is 2.60 bits per heavy atom. The van der Waals surface area contributed by atoms with Crippen LogP contribution in [0.3, 0.4) is 0 Å². The molecule has 2 unspecified atom stereocenters. The summed E-state index contributed by atoms with van der Waals surface area (Å²) in [5, 5.41) is 3.64. The molecule has 2 aromatic rings. The second-order valence-electron chi connectivity index (χ2n) is 7.18. The molecule has 1 aromatic carbocycles. The predicted molar refractivity (Wildman–Crippen MR) is 98.6 cm³/mol. The third kappa shape index (κ3) is 3.66. The Morgan fingerprint density at radius 2 is 1.88 bits per heavy atom. The summed E-state index contributed by atoms with van der Waals surface area (Å²) >= 11 is 1.53. The van der Waals surface area contributed by atoms with Crippen molar-refractivity contribution >= 4 is 28.2 Å². The van der Waals surface area contributed by atoms with E-state index in [-0.39, 0.29) is 23.7 Å². The number of fused-ring (bicyclic) bond motifs is 2. The average Bonchev–Trinajstić information content (AvgIpc) is 3.02. The summed E-state index contributed by atoms with van der Waals surface area (Å²) in [5.41, 5.74) is 1.24. The standard InChI is InChI=1S/C20H22N2O2S/c23-18-14-7-4-8-15(18)11-16(10-14)19(24)22-20-21-12-17(25-20)9-13-5-2-1-3-6-13/h1-3,5-6,12,14-16H,4,7-11H2,(H,21,22,24). The molecule has 2 saturated carbocycles. The van der Waals surface area contributed by atoms with Crippen molar-refractivity contribution in [2.45, 2.75) is 38.5 Å². The number of benzene rings is 1. The number of carbonyl (C=O) groups is 2. The Kier molecular flexibility index (Phi) is 4.66. The first-order valence-electron chi connectivity index (χ1n) is 9.02. The Morgan fingerprint density at radius 1 is 1.16 bits per heavy atom. The van der Waals surface area contributed by atoms with E-state index in [1.165, 1.54) is 16.9 Å². The summed E-state index contributed by atoms with van der Waals surface area (Å²) in [6.07, 6.45) is 7.13. The van der Waals surface area contributed by atoms with Gasteiger partial charge >= 0.3 is 0 Å². The van der Waals surface area contributed by atoms with Crippen molar-refractivity contribution in [2.75, 3.05) is 5.32 Å². The molecule has 2 aliphatic carbocycles. The maximum absolute atomic E-state index is 12.6. The summed E-state index contributed by atoms with van der Waals surface area (Å²) in [7, 11) is 0. The van der Waals surface area contributed by atoms with Crippen molar-refractivity contribution in [3.63, 3.8) is 0 Å². The zero-order valence-corrected chi connectivity index (χ0v) is 14.9. The summed E-state index contributed by atoms with van der Waals surface area (Å²) < 4.78 is 0. The lowest BCUT2D eigenvalue weighted by Gasteiger charge is -2.36. The minimum Gasteiger partial charge on any atom is -0.302 e. The number of amides is 1. The Bertz CT molecular complexity index is 755. The fraction of sp³-hybridized carbons (Fsp3) is 0.450. The molecular weight excluding hydrogens is 332 g/mol. The van der Waals surface area contributed by atoms with Crippen LogP contribution in [0.5, 0.6) is 0 Å². The molecule has 0 saturated heterocycles. The van der Waals surface area contributed by atoms with Crippen molar-refractivity contribution in [2.24, 2.45) is 17.8 Å². The molecule has 4 nitrogen and oxygen atoms in total. The summed E-state index contributed by atoms with van der Waals surface area (Å²) in [5.74, 6) is 0.593. The van der Waals surface area contributed by atoms with Crippen LogP contribution in [0.15, 0.2) is 36.5 Å². The van der Waals surface area contributed by atoms with Gasteiger partial charge in [-0.1, -0.05) is 36.8 Å². The molecule has 2 bridgehead atoms. The van der Waals surface area contributed by atoms with Gasteiger partial charge in [-0.15, -0.1) is 11.3 Å². The minimum atomic E-state index is -0.0468. The number of carbonyl (C=O) groups excluding carboxylic acids is 2. The summed E-state index contributed by atoms with van der Waals surface area (Å²) in [4.78, 5) is 30.3. The minimum absolute atomic E-state index is 0.0324. The first kappa shape index (κ1) is 16.5. The number of nitrogens with zero attached hydrogens (tertiary/aromatic N) is 1. The van der Waals surface area contributed by atoms with Gasteiger partial charge in [-0.3, -0.25) is 9.59 Å². The van der Waals surface area contributed by atoms with Crippen LogP contribution in [-0.2, 0) is 16.0 Å². The van der Waals surface area contributed by atoms with Crippen molar-refractivity contribution < 1.29 is 9.59 Å². The molecule has 4 rings (SSSR count). The van der Waals surface area contributed by atoms with Crippen LogP contribution in [0.2, 0.25) is 0 Å². The third-order valence-corrected chi connectivity index (χ3v) is 6.34. The number of hydrogen-bond acceptors (Lipinski definition) is 4. The van der Waals surface area contributed by atoms with E-state index < -0.39 is 0 Å². The second kappa shape index (κ2) is 7.08. The number of anilines is 1. The van der Waals surface area contributed by atoms with Gasteiger partial charge in [0, 0.05) is 35.2 Å². The van der Waals surface area contributed by atoms with Crippen molar-refractivity contribution in [3.05, 3.63) is 47.0 Å². The van der Waals surface area contributed by atoms with Crippen LogP contribution in [0.25, 0.3) is 0 Å². The van der Waals surface area contributed by atoms with Crippen LogP contribution in [0.4, 0.5) is 5.13 Å². The van der Waals surface area contributed by atoms with E-state index in [0.717, 1.165) is 30.6 Å². The number of nitrogens with one attached hydrogen (secondary N) is 1. The lowest BCUT2D eigenvalue weighted by Crippen LogP contribution is -2.40. The van der Waals surface area contributed by atoms with Crippen LogP contribution in [0, 0.1) is 17.8 Å². The molecule has 1 N–H and O–H groups in total. The van der Waals surface area contributed by atoms with Gasteiger partial charge in [-0.05, 0) is 31.2 Å². The van der Waals surface area contributed by atoms with Crippen LogP contribution >= 0.6 is 11.3 Å². The predicted octanol–water partition coefficient (Wildman–Crippen LogP) is 4.07. The maximum atomic E-state index is 12.6. The highest BCUT2D eigenvalue weighted by atomic mass is 32.1. The van der Waals surface area contributed by atoms with Gasteiger partial charge in [-0.25, -0.2) is 4.98 Å². The highest BCUT2D eigenvalue weighted by Crippen LogP contribution is 2.40. The maximum Gasteiger partial charge on any atom is 0.229 e. The summed E-state index contributed by atoms with van der Waals surface area (Å²) in [6, 6.07) is 10.2. The van der Waals surface area contributed by atoms with E-state index in [1.54, 1.807) is 0 Å². The zero-order chi connectivity index (χ0) is 17.2. The van der Waals surface area contributed by atoms with Gasteiger partial charge in [0.15, 0.2) is 5.13 Å². The van der Waals surface area contributed by atoms with E-state index in [0.29, 0.717) is 23.8 Å². The van der Waals surface area contributed by atoms with Gasteiger partial charge in [0.25, 0.3) is 0 Å². The van der Waals surface area contributed by atoms with Crippen molar-refractivity contribution in [1.82, 2.24) is 4.98 Å². The molecule has 0 aliphatic heterocycles. The summed E-state index contributed by atoms with van der Waals surface area (Å²) in [6.45, 7) is 0. The molecule has 2 atom stereocenters. The number of hydrogen-bond donors (Lipinski definition) is 1. The number of ketones is 1. The number of Topliss-reactive ketones (excluding diaryl/α,β-unsaturated/α-hetero) is 1. The number of thiazole rings is 1. The number of aromatic nitrogens is 1. The largest absolute Gasteiger partial charge is 0.302 e. The highest BCUT2D eigenvalue weighted by molar-refractivity contribution is 7.15. The van der Waals surface area contributed by atoms with E-state index in [9.17, 15) is 9.59 Å². The zero-order valence-electron chi connectivity index (χ0n) is 14.1. The lowest BCUT2D eigenvalue weighted by molar-refractivity contribution is -0.136. The highest BCUT2D eigenvalue weighted by Gasteiger charge is 2.41. The van der Waals surface area contributed by atoms with Crippen LogP contribution in [-0.4, -0.2) is 16.7 Å². The molecule has 2 aliphatic rings. The van der Waals surface area contributed by atoms with Gasteiger partial charge in [-0.2, -0.15) is 0 Å². The van der Waals surface area contributed by atoms with Gasteiger partial charge in [0.2, 0.25) is 5.91 Å². The van der Waals surface area contributed by atoms with E-state index in [2.05, 4.69) is 22.4 Å². The van der Waals surface area contributed by atoms with Crippen LogP contribution < -0.4 is 5.32 Å². The smallest absolute Gasteiger partial charge is 0.229 e. The monoisotopic (exact) mass is 354 g/mol. The fourth-order valence-corrected chi connectivity index (χ4v) is 4.99. The van der Waals surface area contributed by atoms with Gasteiger partial charge in [0.05, 0.1) is 0 Å². The first-order chi connectivity index (χ1) is 12.2. The SMILES string of the molecule is O=C(Nc1ncc(Cc2ccccc2)s1)C1CC2CCCC(C1)C2=O. The molecular formula is C20H22N2O2S. The average molecular weight is 354 g/mol. The van der Waals surface area contributed by atoms with Crippen molar-refractivity contribution in [1.29, 1.82) is 0 Å². The molecule has 25 heavy (non-hydrogen) atoms. The third-order valence-electron chi connectivity index (χ3n) is 5.42. The Labute approximate surface area is 151 Å². The molecule has 1 amide bonds. The van der Waals surface area contributed by atoms with Crippen LogP contribution in [0.1, 0.15) is 42.5 Å². The Hall–Kier alpha value is -2.01. The van der Waals surface area contributed by atoms with E-state index >= 15 is 0 Å². The van der Waals surface area contributed by atoms with E-state index in [4.69, 9.17) is 0 Å². The molecule has 1 aromatic heterocycles. The molecule has 130 valence electrons.